The number of amides is 1. The van der Waals surface area contributed by atoms with Crippen LogP contribution in [0.1, 0.15) is 12.0 Å². The summed E-state index contributed by atoms with van der Waals surface area (Å²) in [5.41, 5.74) is 0.963. The first kappa shape index (κ1) is 20.0. The number of nitrogens with zero attached hydrogens (tertiary/aromatic N) is 3. The van der Waals surface area contributed by atoms with E-state index in [1.54, 1.807) is 37.4 Å². The summed E-state index contributed by atoms with van der Waals surface area (Å²) in [4.78, 5) is 36.1. The molecular weight excluding hydrogens is 376 g/mol. The second kappa shape index (κ2) is 9.45. The average molecular weight is 396 g/mol. The lowest BCUT2D eigenvalue weighted by Crippen LogP contribution is -2.29. The van der Waals surface area contributed by atoms with Crippen LogP contribution in [0.4, 0.5) is 0 Å². The van der Waals surface area contributed by atoms with Gasteiger partial charge in [-0.3, -0.25) is 14.4 Å². The van der Waals surface area contributed by atoms with Crippen molar-refractivity contribution in [1.29, 1.82) is 0 Å². The van der Waals surface area contributed by atoms with E-state index in [1.165, 1.54) is 0 Å². The lowest BCUT2D eigenvalue weighted by Gasteiger charge is -2.10. The molecule has 0 radical (unpaired) electrons. The quantitative estimate of drug-likeness (QED) is 0.566. The fraction of sp³-hybridized carbons (Fsp3) is 0.250. The highest BCUT2D eigenvalue weighted by molar-refractivity contribution is 5.80. The van der Waals surface area contributed by atoms with E-state index in [2.05, 4.69) is 15.6 Å². The molecule has 2 aromatic carbocycles. The van der Waals surface area contributed by atoms with Gasteiger partial charge in [-0.05, 0) is 18.2 Å². The SMILES string of the molecule is COc1ccccc1CNC(=O)COC(=O)CCn1nnc2ccccc2c1=O. The van der Waals surface area contributed by atoms with Crippen LogP contribution >= 0.6 is 0 Å². The van der Waals surface area contributed by atoms with E-state index >= 15 is 0 Å². The number of aromatic nitrogens is 3. The first-order valence-corrected chi connectivity index (χ1v) is 8.95. The van der Waals surface area contributed by atoms with Gasteiger partial charge >= 0.3 is 5.97 Å². The molecule has 29 heavy (non-hydrogen) atoms. The Bertz CT molecular complexity index is 1080. The molecule has 1 aromatic heterocycles. The smallest absolute Gasteiger partial charge is 0.308 e. The predicted octanol–water partition coefficient (Wildman–Crippen LogP) is 1.05. The number of esters is 1. The predicted molar refractivity (Wildman–Crippen MR) is 104 cm³/mol. The number of carbonyl (C=O) groups is 2. The minimum Gasteiger partial charge on any atom is -0.496 e. The molecule has 9 nitrogen and oxygen atoms in total. The molecule has 1 N–H and O–H groups in total. The highest BCUT2D eigenvalue weighted by Gasteiger charge is 2.11. The zero-order valence-corrected chi connectivity index (χ0v) is 15.8. The van der Waals surface area contributed by atoms with Crippen LogP contribution in [0.5, 0.6) is 5.75 Å². The summed E-state index contributed by atoms with van der Waals surface area (Å²) in [5.74, 6) is -0.391. The molecule has 3 rings (SSSR count). The Balaban J connectivity index is 1.46. The molecule has 150 valence electrons. The van der Waals surface area contributed by atoms with E-state index in [9.17, 15) is 14.4 Å². The van der Waals surface area contributed by atoms with Gasteiger partial charge in [0, 0.05) is 12.1 Å². The molecule has 1 amide bonds. The van der Waals surface area contributed by atoms with E-state index in [4.69, 9.17) is 9.47 Å². The fourth-order valence-corrected chi connectivity index (χ4v) is 2.68. The second-order valence-corrected chi connectivity index (χ2v) is 6.13. The molecule has 3 aromatic rings. The van der Waals surface area contributed by atoms with Crippen molar-refractivity contribution in [2.75, 3.05) is 13.7 Å². The van der Waals surface area contributed by atoms with Crippen molar-refractivity contribution < 1.29 is 19.1 Å². The molecule has 0 aliphatic carbocycles. The standard InChI is InChI=1S/C20H20N4O5/c1-28-17-9-5-2-6-14(17)12-21-18(25)13-29-19(26)10-11-24-20(27)15-7-3-4-8-16(15)22-23-24/h2-9H,10-13H2,1H3,(H,21,25). The molecule has 0 spiro atoms. The van der Waals surface area contributed by atoms with Gasteiger partial charge in [0.25, 0.3) is 11.5 Å². The van der Waals surface area contributed by atoms with E-state index < -0.39 is 18.5 Å². The molecule has 0 atom stereocenters. The number of rotatable bonds is 8. The molecule has 0 bridgehead atoms. The monoisotopic (exact) mass is 396 g/mol. The first-order valence-electron chi connectivity index (χ1n) is 8.95. The highest BCUT2D eigenvalue weighted by atomic mass is 16.5. The maximum absolute atomic E-state index is 12.3. The van der Waals surface area contributed by atoms with Gasteiger partial charge in [0.05, 0.1) is 25.5 Å². The van der Waals surface area contributed by atoms with Gasteiger partial charge in [0.2, 0.25) is 0 Å². The number of ether oxygens (including phenoxy) is 2. The largest absolute Gasteiger partial charge is 0.496 e. The van der Waals surface area contributed by atoms with Gasteiger partial charge in [-0.15, -0.1) is 5.10 Å². The van der Waals surface area contributed by atoms with E-state index in [-0.39, 0.29) is 25.1 Å². The van der Waals surface area contributed by atoms with Crippen LogP contribution in [0.25, 0.3) is 10.9 Å². The Morgan fingerprint density at radius 3 is 2.69 bits per heavy atom. The molecule has 0 aliphatic rings. The summed E-state index contributed by atoms with van der Waals surface area (Å²) >= 11 is 0. The minimum atomic E-state index is -0.612. The highest BCUT2D eigenvalue weighted by Crippen LogP contribution is 2.16. The summed E-state index contributed by atoms with van der Waals surface area (Å²) in [5, 5.41) is 10.8. The van der Waals surface area contributed by atoms with Crippen molar-refractivity contribution in [2.24, 2.45) is 0 Å². The maximum atomic E-state index is 12.3. The number of para-hydroxylation sites is 1. The Labute approximate surface area is 166 Å². The van der Waals surface area contributed by atoms with Crippen molar-refractivity contribution in [3.63, 3.8) is 0 Å². The summed E-state index contributed by atoms with van der Waals surface area (Å²) in [6, 6.07) is 14.1. The van der Waals surface area contributed by atoms with Gasteiger partial charge in [-0.2, -0.15) is 0 Å². The zero-order chi connectivity index (χ0) is 20.6. The summed E-state index contributed by atoms with van der Waals surface area (Å²) in [7, 11) is 1.55. The molecular formula is C20H20N4O5. The van der Waals surface area contributed by atoms with Gasteiger partial charge in [-0.1, -0.05) is 35.5 Å². The van der Waals surface area contributed by atoms with Gasteiger partial charge < -0.3 is 14.8 Å². The van der Waals surface area contributed by atoms with Crippen molar-refractivity contribution >= 4 is 22.8 Å². The van der Waals surface area contributed by atoms with Crippen LogP contribution in [-0.4, -0.2) is 40.6 Å². The van der Waals surface area contributed by atoms with Crippen LogP contribution in [-0.2, 0) is 27.4 Å². The van der Waals surface area contributed by atoms with Crippen molar-refractivity contribution in [3.8, 4) is 5.75 Å². The molecule has 0 aliphatic heterocycles. The number of aryl methyl sites for hydroxylation is 1. The lowest BCUT2D eigenvalue weighted by atomic mass is 10.2. The first-order chi connectivity index (χ1) is 14.1. The van der Waals surface area contributed by atoms with Crippen LogP contribution < -0.4 is 15.6 Å². The minimum absolute atomic E-state index is 0.0122. The van der Waals surface area contributed by atoms with Crippen molar-refractivity contribution in [3.05, 3.63) is 64.4 Å². The zero-order valence-electron chi connectivity index (χ0n) is 15.8. The second-order valence-electron chi connectivity index (χ2n) is 6.13. The third-order valence-electron chi connectivity index (χ3n) is 4.19. The molecule has 9 heteroatoms. The number of hydrogen-bond acceptors (Lipinski definition) is 7. The van der Waals surface area contributed by atoms with Crippen LogP contribution in [0.15, 0.2) is 53.3 Å². The Kier molecular flexibility index (Phi) is 6.51. The van der Waals surface area contributed by atoms with Crippen molar-refractivity contribution in [2.45, 2.75) is 19.5 Å². The Hall–Kier alpha value is -3.75. The van der Waals surface area contributed by atoms with E-state index in [0.29, 0.717) is 16.7 Å². The summed E-state index contributed by atoms with van der Waals surface area (Å²) < 4.78 is 11.3. The lowest BCUT2D eigenvalue weighted by molar-refractivity contribution is -0.148. The molecule has 1 heterocycles. The Morgan fingerprint density at radius 2 is 1.86 bits per heavy atom. The van der Waals surface area contributed by atoms with Gasteiger partial charge in [0.15, 0.2) is 6.61 Å². The number of methoxy groups -OCH3 is 1. The van der Waals surface area contributed by atoms with Crippen LogP contribution in [0, 0.1) is 0 Å². The number of fused-ring (bicyclic) bond motifs is 1. The summed E-state index contributed by atoms with van der Waals surface area (Å²) in [6.45, 7) is -0.146. The van der Waals surface area contributed by atoms with Crippen LogP contribution in [0.3, 0.4) is 0 Å². The molecule has 0 fully saturated rings. The fourth-order valence-electron chi connectivity index (χ4n) is 2.68. The third kappa shape index (κ3) is 5.16. The molecule has 0 saturated heterocycles. The van der Waals surface area contributed by atoms with Crippen LogP contribution in [0.2, 0.25) is 0 Å². The Morgan fingerprint density at radius 1 is 1.10 bits per heavy atom. The number of benzene rings is 2. The number of hydrogen-bond donors (Lipinski definition) is 1. The normalized spacial score (nSPS) is 10.5. The van der Waals surface area contributed by atoms with Gasteiger partial charge in [-0.25, -0.2) is 4.68 Å². The average Bonchev–Trinajstić information content (AvgIpc) is 2.76. The molecule has 0 saturated carbocycles. The summed E-state index contributed by atoms with van der Waals surface area (Å²) in [6.07, 6.45) is -0.104. The topological polar surface area (TPSA) is 112 Å². The van der Waals surface area contributed by atoms with E-state index in [0.717, 1.165) is 10.2 Å². The molecule has 0 unspecified atom stereocenters. The van der Waals surface area contributed by atoms with E-state index in [1.807, 2.05) is 18.2 Å². The maximum Gasteiger partial charge on any atom is 0.308 e. The van der Waals surface area contributed by atoms with Gasteiger partial charge in [0.1, 0.15) is 11.3 Å². The van der Waals surface area contributed by atoms with Crippen molar-refractivity contribution in [1.82, 2.24) is 20.3 Å². The third-order valence-corrected chi connectivity index (χ3v) is 4.19. The number of nitrogens with one attached hydrogen (secondary N) is 1. The number of carbonyl (C=O) groups excluding carboxylic acids is 2.